The SMILES string of the molecule is CCN1OC(c2ccc(Br)cc2)=C(Br)C1C(=O)O. The molecule has 1 aliphatic rings. The standard InChI is InChI=1S/C12H11Br2NO3/c1-2-15-10(12(16)17)9(14)11(18-15)7-3-5-8(13)6-4-7/h3-6,10H,2H2,1H3,(H,16,17). The number of likely N-dealkylation sites (N-methyl/N-ethyl adjacent to an activating group) is 1. The Labute approximate surface area is 121 Å². The van der Waals surface area contributed by atoms with E-state index in [-0.39, 0.29) is 0 Å². The summed E-state index contributed by atoms with van der Waals surface area (Å²) in [5.74, 6) is -0.382. The number of hydrogen-bond donors (Lipinski definition) is 1. The van der Waals surface area contributed by atoms with Crippen molar-refractivity contribution in [2.24, 2.45) is 0 Å². The van der Waals surface area contributed by atoms with Crippen LogP contribution in [0.3, 0.4) is 0 Å². The molecule has 1 heterocycles. The molecule has 0 spiro atoms. The van der Waals surface area contributed by atoms with Crippen LogP contribution in [0, 0.1) is 0 Å². The zero-order valence-electron chi connectivity index (χ0n) is 9.56. The van der Waals surface area contributed by atoms with Crippen molar-refractivity contribution in [1.82, 2.24) is 5.06 Å². The lowest BCUT2D eigenvalue weighted by Gasteiger charge is -2.18. The Hall–Kier alpha value is -0.850. The molecule has 0 amide bonds. The van der Waals surface area contributed by atoms with Crippen LogP contribution in [0.5, 0.6) is 0 Å². The quantitative estimate of drug-likeness (QED) is 0.879. The normalized spacial score (nSPS) is 20.1. The summed E-state index contributed by atoms with van der Waals surface area (Å²) in [6, 6.07) is 6.73. The van der Waals surface area contributed by atoms with Gasteiger partial charge < -0.3 is 9.94 Å². The molecule has 96 valence electrons. The second kappa shape index (κ2) is 5.42. The average Bonchev–Trinajstić information content (AvgIpc) is 2.67. The van der Waals surface area contributed by atoms with Gasteiger partial charge in [-0.1, -0.05) is 28.1 Å². The highest BCUT2D eigenvalue weighted by Gasteiger charge is 2.38. The molecule has 18 heavy (non-hydrogen) atoms. The summed E-state index contributed by atoms with van der Waals surface area (Å²) in [4.78, 5) is 16.8. The Morgan fingerprint density at radius 2 is 2.00 bits per heavy atom. The zero-order valence-corrected chi connectivity index (χ0v) is 12.7. The fourth-order valence-electron chi connectivity index (χ4n) is 1.73. The molecular weight excluding hydrogens is 366 g/mol. The fraction of sp³-hybridized carbons (Fsp3) is 0.250. The molecular formula is C12H11Br2NO3. The van der Waals surface area contributed by atoms with E-state index in [1.807, 2.05) is 31.2 Å². The molecule has 0 radical (unpaired) electrons. The van der Waals surface area contributed by atoms with Gasteiger partial charge in [0, 0.05) is 16.6 Å². The van der Waals surface area contributed by atoms with Gasteiger partial charge in [-0.15, -0.1) is 5.06 Å². The smallest absolute Gasteiger partial charge is 0.329 e. The summed E-state index contributed by atoms with van der Waals surface area (Å²) in [6.45, 7) is 2.34. The van der Waals surface area contributed by atoms with E-state index in [9.17, 15) is 9.90 Å². The minimum atomic E-state index is -0.934. The minimum absolute atomic E-state index is 0.492. The van der Waals surface area contributed by atoms with Crippen LogP contribution >= 0.6 is 31.9 Å². The molecule has 0 fully saturated rings. The van der Waals surface area contributed by atoms with Crippen LogP contribution in [-0.2, 0) is 9.63 Å². The Morgan fingerprint density at radius 1 is 1.39 bits per heavy atom. The molecule has 1 aliphatic heterocycles. The Morgan fingerprint density at radius 3 is 2.44 bits per heavy atom. The van der Waals surface area contributed by atoms with Crippen LogP contribution in [-0.4, -0.2) is 28.7 Å². The van der Waals surface area contributed by atoms with E-state index in [0.29, 0.717) is 16.8 Å². The summed E-state index contributed by atoms with van der Waals surface area (Å²) in [5.41, 5.74) is 0.840. The Balaban J connectivity index is 2.38. The van der Waals surface area contributed by atoms with Crippen molar-refractivity contribution >= 4 is 43.6 Å². The molecule has 0 bridgehead atoms. The maximum absolute atomic E-state index is 11.2. The molecule has 0 saturated heterocycles. The number of carboxylic acid groups (broad SMARTS) is 1. The minimum Gasteiger partial charge on any atom is -0.480 e. The topological polar surface area (TPSA) is 49.8 Å². The molecule has 1 aromatic carbocycles. The molecule has 1 unspecified atom stereocenters. The number of rotatable bonds is 3. The van der Waals surface area contributed by atoms with E-state index in [4.69, 9.17) is 4.84 Å². The molecule has 0 aliphatic carbocycles. The monoisotopic (exact) mass is 375 g/mol. The highest BCUT2D eigenvalue weighted by atomic mass is 79.9. The van der Waals surface area contributed by atoms with Gasteiger partial charge in [0.2, 0.25) is 0 Å². The number of aliphatic carboxylic acids is 1. The fourth-order valence-corrected chi connectivity index (χ4v) is 2.72. The zero-order chi connectivity index (χ0) is 13.3. The van der Waals surface area contributed by atoms with Crippen LogP contribution in [0.15, 0.2) is 33.2 Å². The third-order valence-corrected chi connectivity index (χ3v) is 3.93. The highest BCUT2D eigenvalue weighted by Crippen LogP contribution is 2.36. The first-order chi connectivity index (χ1) is 8.54. The van der Waals surface area contributed by atoms with Crippen molar-refractivity contribution in [3.8, 4) is 0 Å². The summed E-state index contributed by atoms with van der Waals surface area (Å²) in [7, 11) is 0. The number of nitrogens with zero attached hydrogens (tertiary/aromatic N) is 1. The molecule has 1 N–H and O–H groups in total. The second-order valence-corrected chi connectivity index (χ2v) is 5.52. The average molecular weight is 377 g/mol. The molecule has 6 heteroatoms. The van der Waals surface area contributed by atoms with Gasteiger partial charge in [-0.25, -0.2) is 4.79 Å². The van der Waals surface area contributed by atoms with Crippen LogP contribution in [0.2, 0.25) is 0 Å². The van der Waals surface area contributed by atoms with E-state index in [1.54, 1.807) is 0 Å². The van der Waals surface area contributed by atoms with Crippen molar-refractivity contribution < 1.29 is 14.7 Å². The first kappa shape index (κ1) is 13.6. The number of hydroxylamine groups is 2. The number of carboxylic acids is 1. The van der Waals surface area contributed by atoms with Gasteiger partial charge in [0.05, 0.1) is 4.48 Å². The lowest BCUT2D eigenvalue weighted by molar-refractivity contribution is -0.155. The number of benzene rings is 1. The number of hydrogen-bond acceptors (Lipinski definition) is 3. The maximum atomic E-state index is 11.2. The molecule has 0 saturated carbocycles. The Kier molecular flexibility index (Phi) is 4.09. The van der Waals surface area contributed by atoms with Gasteiger partial charge in [0.1, 0.15) is 0 Å². The van der Waals surface area contributed by atoms with E-state index in [2.05, 4.69) is 31.9 Å². The summed E-state index contributed by atoms with van der Waals surface area (Å²) in [5, 5.41) is 10.6. The van der Waals surface area contributed by atoms with Gasteiger partial charge in [-0.2, -0.15) is 0 Å². The molecule has 0 aromatic heterocycles. The number of halogens is 2. The summed E-state index contributed by atoms with van der Waals surface area (Å²) < 4.78 is 1.50. The van der Waals surface area contributed by atoms with E-state index in [1.165, 1.54) is 5.06 Å². The van der Waals surface area contributed by atoms with E-state index >= 15 is 0 Å². The first-order valence-corrected chi connectivity index (χ1v) is 6.96. The predicted molar refractivity (Wildman–Crippen MR) is 74.9 cm³/mol. The van der Waals surface area contributed by atoms with Crippen molar-refractivity contribution in [2.75, 3.05) is 6.54 Å². The summed E-state index contributed by atoms with van der Waals surface area (Å²) in [6.07, 6.45) is 0. The lowest BCUT2D eigenvalue weighted by atomic mass is 10.1. The largest absolute Gasteiger partial charge is 0.480 e. The van der Waals surface area contributed by atoms with Gasteiger partial charge in [-0.3, -0.25) is 0 Å². The third-order valence-electron chi connectivity index (χ3n) is 2.61. The van der Waals surface area contributed by atoms with Crippen molar-refractivity contribution in [2.45, 2.75) is 13.0 Å². The van der Waals surface area contributed by atoms with Gasteiger partial charge >= 0.3 is 5.97 Å². The van der Waals surface area contributed by atoms with E-state index < -0.39 is 12.0 Å². The van der Waals surface area contributed by atoms with Gasteiger partial charge in [-0.05, 0) is 35.0 Å². The van der Waals surface area contributed by atoms with Crippen molar-refractivity contribution in [3.63, 3.8) is 0 Å². The second-order valence-electron chi connectivity index (χ2n) is 3.75. The molecule has 2 rings (SSSR count). The third kappa shape index (κ3) is 2.46. The lowest BCUT2D eigenvalue weighted by Crippen LogP contribution is -2.36. The molecule has 1 atom stereocenters. The van der Waals surface area contributed by atoms with Crippen molar-refractivity contribution in [1.29, 1.82) is 0 Å². The first-order valence-electron chi connectivity index (χ1n) is 5.37. The molecule has 4 nitrogen and oxygen atoms in total. The van der Waals surface area contributed by atoms with Crippen molar-refractivity contribution in [3.05, 3.63) is 38.8 Å². The van der Waals surface area contributed by atoms with Crippen LogP contribution < -0.4 is 0 Å². The highest BCUT2D eigenvalue weighted by molar-refractivity contribution is 9.12. The van der Waals surface area contributed by atoms with E-state index in [0.717, 1.165) is 10.0 Å². The maximum Gasteiger partial charge on any atom is 0.329 e. The number of carbonyl (C=O) groups is 1. The molecule has 1 aromatic rings. The van der Waals surface area contributed by atoms with Gasteiger partial charge in [0.15, 0.2) is 11.8 Å². The van der Waals surface area contributed by atoms with Crippen LogP contribution in [0.25, 0.3) is 5.76 Å². The Bertz CT molecular complexity index is 499. The predicted octanol–water partition coefficient (Wildman–Crippen LogP) is 3.23. The van der Waals surface area contributed by atoms with Gasteiger partial charge in [0.25, 0.3) is 0 Å². The van der Waals surface area contributed by atoms with Crippen LogP contribution in [0.4, 0.5) is 0 Å². The van der Waals surface area contributed by atoms with Crippen LogP contribution in [0.1, 0.15) is 12.5 Å². The summed E-state index contributed by atoms with van der Waals surface area (Å²) >= 11 is 6.69.